The Morgan fingerprint density at radius 2 is 1.97 bits per heavy atom. The number of aromatic nitrogens is 2. The van der Waals surface area contributed by atoms with Gasteiger partial charge in [0, 0.05) is 53.7 Å². The number of aryl methyl sites for hydroxylation is 2. The molecular formula is C20H32N4O4S. The monoisotopic (exact) mass is 424 g/mol. The quantitative estimate of drug-likeness (QED) is 0.527. The smallest absolute Gasteiger partial charge is 0.242 e. The zero-order chi connectivity index (χ0) is 21.4. The van der Waals surface area contributed by atoms with Gasteiger partial charge in [0.15, 0.2) is 0 Å². The summed E-state index contributed by atoms with van der Waals surface area (Å²) in [6.07, 6.45) is 3.79. The molecule has 2 rings (SSSR count). The van der Waals surface area contributed by atoms with E-state index >= 15 is 0 Å². The van der Waals surface area contributed by atoms with Gasteiger partial charge in [0.25, 0.3) is 0 Å². The highest BCUT2D eigenvalue weighted by atomic mass is 32.2. The van der Waals surface area contributed by atoms with E-state index < -0.39 is 10.0 Å². The maximum Gasteiger partial charge on any atom is 0.242 e. The molecule has 1 N–H and O–H groups in total. The Balaban J connectivity index is 1.90. The zero-order valence-electron chi connectivity index (χ0n) is 17.8. The Kier molecular flexibility index (Phi) is 8.60. The SMILES string of the molecule is CCCCOCCCNC(=O)CCc1nc2cc(S(=O)(=O)N(C)C)ccc2n1C. The van der Waals surface area contributed by atoms with Crippen molar-refractivity contribution in [1.29, 1.82) is 0 Å². The van der Waals surface area contributed by atoms with E-state index in [-0.39, 0.29) is 10.8 Å². The van der Waals surface area contributed by atoms with Gasteiger partial charge in [0.1, 0.15) is 5.82 Å². The Morgan fingerprint density at radius 3 is 2.66 bits per heavy atom. The normalized spacial score (nSPS) is 12.0. The van der Waals surface area contributed by atoms with E-state index in [9.17, 15) is 13.2 Å². The van der Waals surface area contributed by atoms with Gasteiger partial charge >= 0.3 is 0 Å². The van der Waals surface area contributed by atoms with E-state index in [0.29, 0.717) is 31.5 Å². The minimum atomic E-state index is -3.51. The van der Waals surface area contributed by atoms with Crippen molar-refractivity contribution in [2.75, 3.05) is 33.9 Å². The van der Waals surface area contributed by atoms with E-state index in [0.717, 1.165) is 37.2 Å². The number of unbranched alkanes of at least 4 members (excludes halogenated alkanes) is 1. The molecule has 29 heavy (non-hydrogen) atoms. The number of amides is 1. The first-order valence-corrected chi connectivity index (χ1v) is 11.4. The molecule has 1 amide bonds. The number of imidazole rings is 1. The predicted molar refractivity (Wildman–Crippen MR) is 113 cm³/mol. The molecule has 1 aromatic heterocycles. The molecular weight excluding hydrogens is 392 g/mol. The second-order valence-corrected chi connectivity index (χ2v) is 9.35. The molecule has 0 radical (unpaired) electrons. The Hall–Kier alpha value is -1.97. The molecule has 0 aliphatic carbocycles. The number of fused-ring (bicyclic) bond motifs is 1. The fourth-order valence-electron chi connectivity index (χ4n) is 2.89. The Bertz CT molecular complexity index is 922. The molecule has 0 saturated carbocycles. The van der Waals surface area contributed by atoms with Crippen LogP contribution in [0.5, 0.6) is 0 Å². The maximum absolute atomic E-state index is 12.3. The standard InChI is InChI=1S/C20H32N4O4S/c1-5-6-13-28-14-7-12-21-20(25)11-10-19-22-17-15-16(29(26,27)23(2)3)8-9-18(17)24(19)4/h8-9,15H,5-7,10-14H2,1-4H3,(H,21,25). The molecule has 1 aromatic carbocycles. The summed E-state index contributed by atoms with van der Waals surface area (Å²) in [4.78, 5) is 16.8. The molecule has 1 heterocycles. The third-order valence-corrected chi connectivity index (χ3v) is 6.54. The summed E-state index contributed by atoms with van der Waals surface area (Å²) < 4.78 is 33.2. The average molecular weight is 425 g/mol. The summed E-state index contributed by atoms with van der Waals surface area (Å²) in [5.74, 6) is 0.721. The number of rotatable bonds is 12. The molecule has 0 saturated heterocycles. The first-order chi connectivity index (χ1) is 13.8. The van der Waals surface area contributed by atoms with E-state index in [1.807, 2.05) is 11.6 Å². The van der Waals surface area contributed by atoms with Gasteiger partial charge in [-0.05, 0) is 31.0 Å². The fourth-order valence-corrected chi connectivity index (χ4v) is 3.81. The number of ether oxygens (including phenoxy) is 1. The predicted octanol–water partition coefficient (Wildman–Crippen LogP) is 2.08. The number of carbonyl (C=O) groups is 1. The summed E-state index contributed by atoms with van der Waals surface area (Å²) in [6.45, 7) is 4.15. The van der Waals surface area contributed by atoms with Gasteiger partial charge in [-0.25, -0.2) is 17.7 Å². The molecule has 0 aliphatic heterocycles. The number of carbonyl (C=O) groups excluding carboxylic acids is 1. The van der Waals surface area contributed by atoms with Gasteiger partial charge in [-0.2, -0.15) is 0 Å². The third-order valence-electron chi connectivity index (χ3n) is 4.73. The lowest BCUT2D eigenvalue weighted by Gasteiger charge is -2.10. The highest BCUT2D eigenvalue weighted by Gasteiger charge is 2.19. The van der Waals surface area contributed by atoms with Crippen LogP contribution in [0, 0.1) is 0 Å². The van der Waals surface area contributed by atoms with Crippen LogP contribution < -0.4 is 5.32 Å². The van der Waals surface area contributed by atoms with Crippen LogP contribution in [0.15, 0.2) is 23.1 Å². The number of nitrogens with one attached hydrogen (secondary N) is 1. The maximum atomic E-state index is 12.3. The van der Waals surface area contributed by atoms with Gasteiger partial charge < -0.3 is 14.6 Å². The van der Waals surface area contributed by atoms with Gasteiger partial charge in [0.05, 0.1) is 15.9 Å². The molecule has 9 heteroatoms. The van der Waals surface area contributed by atoms with Crippen LogP contribution >= 0.6 is 0 Å². The van der Waals surface area contributed by atoms with Crippen LogP contribution in [0.3, 0.4) is 0 Å². The van der Waals surface area contributed by atoms with Crippen molar-refractivity contribution in [3.8, 4) is 0 Å². The van der Waals surface area contributed by atoms with Gasteiger partial charge in [-0.15, -0.1) is 0 Å². The van der Waals surface area contributed by atoms with Crippen molar-refractivity contribution in [2.45, 2.75) is 43.9 Å². The molecule has 0 spiro atoms. The zero-order valence-corrected chi connectivity index (χ0v) is 18.6. The van der Waals surface area contributed by atoms with Crippen LogP contribution in [0.2, 0.25) is 0 Å². The van der Waals surface area contributed by atoms with Crippen LogP contribution in [-0.4, -0.2) is 62.0 Å². The van der Waals surface area contributed by atoms with Gasteiger partial charge in [-0.1, -0.05) is 13.3 Å². The number of sulfonamides is 1. The summed E-state index contributed by atoms with van der Waals surface area (Å²) in [5.41, 5.74) is 1.44. The highest BCUT2D eigenvalue weighted by Crippen LogP contribution is 2.21. The second kappa shape index (κ2) is 10.7. The van der Waals surface area contributed by atoms with Crippen molar-refractivity contribution in [3.63, 3.8) is 0 Å². The Labute approximate surface area is 173 Å². The van der Waals surface area contributed by atoms with E-state index in [1.54, 1.807) is 18.2 Å². The lowest BCUT2D eigenvalue weighted by molar-refractivity contribution is -0.121. The van der Waals surface area contributed by atoms with Crippen molar-refractivity contribution < 1.29 is 17.9 Å². The molecule has 2 aromatic rings. The fraction of sp³-hybridized carbons (Fsp3) is 0.600. The molecule has 162 valence electrons. The Morgan fingerprint density at radius 1 is 1.24 bits per heavy atom. The van der Waals surface area contributed by atoms with Crippen molar-refractivity contribution in [2.24, 2.45) is 7.05 Å². The summed E-state index contributed by atoms with van der Waals surface area (Å²) >= 11 is 0. The molecule has 8 nitrogen and oxygen atoms in total. The van der Waals surface area contributed by atoms with Crippen LogP contribution in [-0.2, 0) is 33.0 Å². The first kappa shape index (κ1) is 23.3. The number of nitrogens with zero attached hydrogens (tertiary/aromatic N) is 3. The first-order valence-electron chi connectivity index (χ1n) is 9.99. The molecule has 0 atom stereocenters. The number of hydrogen-bond acceptors (Lipinski definition) is 5. The number of benzene rings is 1. The minimum Gasteiger partial charge on any atom is -0.381 e. The van der Waals surface area contributed by atoms with E-state index in [4.69, 9.17) is 4.74 Å². The van der Waals surface area contributed by atoms with Crippen molar-refractivity contribution in [3.05, 3.63) is 24.0 Å². The molecule has 0 unspecified atom stereocenters. The van der Waals surface area contributed by atoms with Gasteiger partial charge in [0.2, 0.25) is 15.9 Å². The second-order valence-electron chi connectivity index (χ2n) is 7.19. The lowest BCUT2D eigenvalue weighted by Crippen LogP contribution is -2.25. The van der Waals surface area contributed by atoms with E-state index in [1.165, 1.54) is 18.4 Å². The summed E-state index contributed by atoms with van der Waals surface area (Å²) in [7, 11) is 1.36. The molecule has 0 bridgehead atoms. The van der Waals surface area contributed by atoms with Crippen molar-refractivity contribution in [1.82, 2.24) is 19.2 Å². The van der Waals surface area contributed by atoms with Crippen LogP contribution in [0.25, 0.3) is 11.0 Å². The largest absolute Gasteiger partial charge is 0.381 e. The van der Waals surface area contributed by atoms with E-state index in [2.05, 4.69) is 17.2 Å². The van der Waals surface area contributed by atoms with Gasteiger partial charge in [-0.3, -0.25) is 4.79 Å². The number of hydrogen-bond donors (Lipinski definition) is 1. The van der Waals surface area contributed by atoms with Crippen LogP contribution in [0.4, 0.5) is 0 Å². The summed E-state index contributed by atoms with van der Waals surface area (Å²) in [5, 5.41) is 2.90. The van der Waals surface area contributed by atoms with Crippen LogP contribution in [0.1, 0.15) is 38.4 Å². The topological polar surface area (TPSA) is 93.5 Å². The van der Waals surface area contributed by atoms with Crippen molar-refractivity contribution >= 4 is 27.0 Å². The molecule has 0 fully saturated rings. The third kappa shape index (κ3) is 6.25. The summed E-state index contributed by atoms with van der Waals surface area (Å²) in [6, 6.07) is 4.91. The highest BCUT2D eigenvalue weighted by molar-refractivity contribution is 7.89. The average Bonchev–Trinajstić information content (AvgIpc) is 3.00. The lowest BCUT2D eigenvalue weighted by atomic mass is 10.2. The minimum absolute atomic E-state index is 0.0264. The molecule has 0 aliphatic rings.